The third-order valence-electron chi connectivity index (χ3n) is 2.70. The van der Waals surface area contributed by atoms with Gasteiger partial charge in [0.25, 0.3) is 5.91 Å². The van der Waals surface area contributed by atoms with E-state index in [0.717, 1.165) is 4.88 Å². The molecule has 3 nitrogen and oxygen atoms in total. The van der Waals surface area contributed by atoms with Crippen molar-refractivity contribution in [3.63, 3.8) is 0 Å². The SMILES string of the molecule is CC1(C)OC(c2cccs2)CN1C(=O)CF. The van der Waals surface area contributed by atoms with E-state index in [1.807, 2.05) is 17.5 Å². The highest BCUT2D eigenvalue weighted by Gasteiger charge is 2.42. The number of nitrogens with zero attached hydrogens (tertiary/aromatic N) is 1. The average molecular weight is 243 g/mol. The van der Waals surface area contributed by atoms with Crippen LogP contribution in [0.5, 0.6) is 0 Å². The van der Waals surface area contributed by atoms with Gasteiger partial charge in [0.1, 0.15) is 11.8 Å². The molecule has 0 N–H and O–H groups in total. The summed E-state index contributed by atoms with van der Waals surface area (Å²) in [4.78, 5) is 13.9. The zero-order chi connectivity index (χ0) is 11.8. The second-order valence-electron chi connectivity index (χ2n) is 4.21. The summed E-state index contributed by atoms with van der Waals surface area (Å²) in [5, 5.41) is 1.96. The van der Waals surface area contributed by atoms with Crippen LogP contribution < -0.4 is 0 Å². The van der Waals surface area contributed by atoms with Gasteiger partial charge in [-0.2, -0.15) is 0 Å². The lowest BCUT2D eigenvalue weighted by Gasteiger charge is -2.28. The molecule has 1 aliphatic heterocycles. The van der Waals surface area contributed by atoms with E-state index in [1.165, 1.54) is 4.90 Å². The fourth-order valence-electron chi connectivity index (χ4n) is 1.93. The maximum Gasteiger partial charge on any atom is 0.256 e. The topological polar surface area (TPSA) is 29.5 Å². The number of carbonyl (C=O) groups excluding carboxylic acids is 1. The van der Waals surface area contributed by atoms with Crippen LogP contribution >= 0.6 is 11.3 Å². The summed E-state index contributed by atoms with van der Waals surface area (Å²) < 4.78 is 18.2. The third-order valence-corrected chi connectivity index (χ3v) is 3.67. The first-order valence-corrected chi connectivity index (χ1v) is 6.00. The average Bonchev–Trinajstić information content (AvgIpc) is 2.83. The van der Waals surface area contributed by atoms with Crippen molar-refractivity contribution in [2.75, 3.05) is 13.2 Å². The Morgan fingerprint density at radius 2 is 2.50 bits per heavy atom. The van der Waals surface area contributed by atoms with Crippen molar-refractivity contribution in [1.82, 2.24) is 4.90 Å². The minimum Gasteiger partial charge on any atom is -0.346 e. The van der Waals surface area contributed by atoms with Gasteiger partial charge in [0.15, 0.2) is 6.67 Å². The van der Waals surface area contributed by atoms with Crippen molar-refractivity contribution in [2.45, 2.75) is 25.7 Å². The van der Waals surface area contributed by atoms with Crippen LogP contribution in [0.1, 0.15) is 24.8 Å². The summed E-state index contributed by atoms with van der Waals surface area (Å²) >= 11 is 1.59. The Hall–Kier alpha value is -0.940. The monoisotopic (exact) mass is 243 g/mol. The van der Waals surface area contributed by atoms with Crippen LogP contribution in [-0.4, -0.2) is 29.8 Å². The van der Waals surface area contributed by atoms with Crippen molar-refractivity contribution in [1.29, 1.82) is 0 Å². The molecular weight excluding hydrogens is 229 g/mol. The molecule has 0 aliphatic carbocycles. The Morgan fingerprint density at radius 1 is 1.75 bits per heavy atom. The number of alkyl halides is 1. The molecule has 1 amide bonds. The summed E-state index contributed by atoms with van der Waals surface area (Å²) in [5.74, 6) is -0.510. The van der Waals surface area contributed by atoms with Crippen LogP contribution in [0.2, 0.25) is 0 Å². The number of carbonyl (C=O) groups is 1. The fraction of sp³-hybridized carbons (Fsp3) is 0.545. The van der Waals surface area contributed by atoms with Crippen molar-refractivity contribution >= 4 is 17.2 Å². The van der Waals surface area contributed by atoms with Crippen LogP contribution in [0.4, 0.5) is 4.39 Å². The second kappa shape index (κ2) is 4.14. The normalized spacial score (nSPS) is 23.7. The Balaban J connectivity index is 2.17. The predicted molar refractivity (Wildman–Crippen MR) is 59.9 cm³/mol. The van der Waals surface area contributed by atoms with Crippen LogP contribution in [0.15, 0.2) is 17.5 Å². The van der Waals surface area contributed by atoms with E-state index in [0.29, 0.717) is 6.54 Å². The molecule has 0 bridgehead atoms. The summed E-state index contributed by atoms with van der Waals surface area (Å²) in [6, 6.07) is 3.91. The molecular formula is C11H14FNO2S. The minimum atomic E-state index is -0.968. The van der Waals surface area contributed by atoms with Crippen LogP contribution in [0, 0.1) is 0 Å². The molecule has 1 aliphatic rings. The van der Waals surface area contributed by atoms with Crippen molar-refractivity contribution < 1.29 is 13.9 Å². The van der Waals surface area contributed by atoms with Crippen molar-refractivity contribution in [3.05, 3.63) is 22.4 Å². The molecule has 1 unspecified atom stereocenters. The highest BCUT2D eigenvalue weighted by atomic mass is 32.1. The molecule has 0 radical (unpaired) electrons. The Kier molecular flexibility index (Phi) is 2.99. The largest absolute Gasteiger partial charge is 0.346 e. The summed E-state index contributed by atoms with van der Waals surface area (Å²) in [7, 11) is 0. The molecule has 0 aromatic carbocycles. The third kappa shape index (κ3) is 1.97. The summed E-state index contributed by atoms with van der Waals surface area (Å²) in [6.45, 7) is 3.03. The highest BCUT2D eigenvalue weighted by molar-refractivity contribution is 7.10. The Bertz CT molecular complexity index is 377. The van der Waals surface area contributed by atoms with Gasteiger partial charge in [-0.3, -0.25) is 4.79 Å². The molecule has 0 spiro atoms. The Labute approximate surface area is 97.8 Å². The number of amides is 1. The zero-order valence-corrected chi connectivity index (χ0v) is 10.1. The van der Waals surface area contributed by atoms with E-state index in [-0.39, 0.29) is 6.10 Å². The van der Waals surface area contributed by atoms with Gasteiger partial charge in [-0.05, 0) is 25.3 Å². The first-order valence-electron chi connectivity index (χ1n) is 5.12. The van der Waals surface area contributed by atoms with E-state index < -0.39 is 18.3 Å². The first-order chi connectivity index (χ1) is 7.54. The number of ether oxygens (including phenoxy) is 1. The smallest absolute Gasteiger partial charge is 0.256 e. The molecule has 1 saturated heterocycles. The first kappa shape index (κ1) is 11.5. The number of rotatable bonds is 2. The molecule has 1 fully saturated rings. The van der Waals surface area contributed by atoms with Gasteiger partial charge in [-0.25, -0.2) is 4.39 Å². The van der Waals surface area contributed by atoms with Gasteiger partial charge in [0.2, 0.25) is 0 Å². The molecule has 5 heteroatoms. The standard InChI is InChI=1S/C11H14FNO2S/c1-11(2)13(10(14)6-12)7-8(15-11)9-4-3-5-16-9/h3-5,8H,6-7H2,1-2H3. The van der Waals surface area contributed by atoms with E-state index >= 15 is 0 Å². The van der Waals surface area contributed by atoms with Crippen molar-refractivity contribution in [2.24, 2.45) is 0 Å². The maximum atomic E-state index is 12.4. The van der Waals surface area contributed by atoms with Gasteiger partial charge >= 0.3 is 0 Å². The van der Waals surface area contributed by atoms with Crippen LogP contribution in [-0.2, 0) is 9.53 Å². The molecule has 0 saturated carbocycles. The van der Waals surface area contributed by atoms with Gasteiger partial charge in [-0.15, -0.1) is 11.3 Å². The van der Waals surface area contributed by atoms with E-state index in [2.05, 4.69) is 0 Å². The van der Waals surface area contributed by atoms with E-state index in [9.17, 15) is 9.18 Å². The Morgan fingerprint density at radius 3 is 3.06 bits per heavy atom. The molecule has 2 rings (SSSR count). The molecule has 1 atom stereocenters. The van der Waals surface area contributed by atoms with E-state index in [4.69, 9.17) is 4.74 Å². The molecule has 16 heavy (non-hydrogen) atoms. The van der Waals surface area contributed by atoms with Crippen molar-refractivity contribution in [3.8, 4) is 0 Å². The van der Waals surface area contributed by atoms with Gasteiger partial charge in [0.05, 0.1) is 6.54 Å². The number of halogens is 1. The van der Waals surface area contributed by atoms with Crippen LogP contribution in [0.3, 0.4) is 0 Å². The number of hydrogen-bond acceptors (Lipinski definition) is 3. The molecule has 1 aromatic heterocycles. The number of thiophene rings is 1. The van der Waals surface area contributed by atoms with Gasteiger partial charge in [0, 0.05) is 4.88 Å². The number of hydrogen-bond donors (Lipinski definition) is 0. The lowest BCUT2D eigenvalue weighted by molar-refractivity contribution is -0.146. The molecule has 88 valence electrons. The molecule has 1 aromatic rings. The second-order valence-corrected chi connectivity index (χ2v) is 5.19. The van der Waals surface area contributed by atoms with Gasteiger partial charge in [-0.1, -0.05) is 6.07 Å². The summed E-state index contributed by atoms with van der Waals surface area (Å²) in [6.07, 6.45) is -0.134. The maximum absolute atomic E-state index is 12.4. The fourth-order valence-corrected chi connectivity index (χ4v) is 2.68. The molecule has 2 heterocycles. The summed E-state index contributed by atoms with van der Waals surface area (Å²) in [5.41, 5.74) is -0.724. The lowest BCUT2D eigenvalue weighted by atomic mass is 10.2. The quantitative estimate of drug-likeness (QED) is 0.798. The predicted octanol–water partition coefficient (Wildman–Crippen LogP) is 2.35. The minimum absolute atomic E-state index is 0.134. The van der Waals surface area contributed by atoms with Crippen LogP contribution in [0.25, 0.3) is 0 Å². The van der Waals surface area contributed by atoms with E-state index in [1.54, 1.807) is 25.2 Å². The lowest BCUT2D eigenvalue weighted by Crippen LogP contribution is -2.44. The highest BCUT2D eigenvalue weighted by Crippen LogP contribution is 2.37. The van der Waals surface area contributed by atoms with Gasteiger partial charge < -0.3 is 9.64 Å². The zero-order valence-electron chi connectivity index (χ0n) is 9.27.